The molecule has 3 aromatic carbocycles. The summed E-state index contributed by atoms with van der Waals surface area (Å²) in [5, 5.41) is 11.8. The van der Waals surface area contributed by atoms with Gasteiger partial charge in [0.1, 0.15) is 5.76 Å². The maximum atomic E-state index is 13.5. The lowest BCUT2D eigenvalue weighted by molar-refractivity contribution is -0.132. The van der Waals surface area contributed by atoms with Crippen LogP contribution in [0, 0.1) is 6.92 Å². The number of aromatic nitrogens is 1. The van der Waals surface area contributed by atoms with Gasteiger partial charge < -0.3 is 5.11 Å². The molecule has 0 bridgehead atoms. The summed E-state index contributed by atoms with van der Waals surface area (Å²) in [6, 6.07) is 20.4. The predicted molar refractivity (Wildman–Crippen MR) is 145 cm³/mol. The van der Waals surface area contributed by atoms with Crippen molar-refractivity contribution in [3.63, 3.8) is 0 Å². The summed E-state index contributed by atoms with van der Waals surface area (Å²) in [6.07, 6.45) is 0.895. The number of aliphatic hydroxyl groups is 1. The number of aryl methyl sites for hydroxylation is 2. The molecular weight excluding hydrogens is 468 g/mol. The first-order chi connectivity index (χ1) is 17.3. The lowest BCUT2D eigenvalue weighted by Crippen LogP contribution is -2.29. The van der Waals surface area contributed by atoms with Crippen molar-refractivity contribution in [1.29, 1.82) is 0 Å². The van der Waals surface area contributed by atoms with E-state index in [0.717, 1.165) is 33.3 Å². The summed E-state index contributed by atoms with van der Waals surface area (Å²) < 4.78 is 0.957. The van der Waals surface area contributed by atoms with Crippen molar-refractivity contribution in [2.45, 2.75) is 46.1 Å². The first kappa shape index (κ1) is 23.9. The Morgan fingerprint density at radius 2 is 1.72 bits per heavy atom. The van der Waals surface area contributed by atoms with Crippen LogP contribution in [0.25, 0.3) is 16.0 Å². The minimum Gasteiger partial charge on any atom is -0.507 e. The van der Waals surface area contributed by atoms with Gasteiger partial charge in [-0.15, -0.1) is 0 Å². The van der Waals surface area contributed by atoms with Crippen molar-refractivity contribution in [2.75, 3.05) is 4.90 Å². The first-order valence-electron chi connectivity index (χ1n) is 12.2. The number of benzene rings is 3. The Balaban J connectivity index is 1.70. The molecule has 0 spiro atoms. The van der Waals surface area contributed by atoms with Gasteiger partial charge in [0.2, 0.25) is 0 Å². The standard InChI is InChI=1S/C30H28N2O3S/c1-5-19-8-15-23-24(16-19)36-30(31-23)32-26(21-13-11-20(12-14-21)17(2)3)25(28(34)29(32)35)27(33)22-9-6-18(4)7-10-22/h6-17,26,33H,5H2,1-4H3/t26-/m0/s1. The quantitative estimate of drug-likeness (QED) is 0.185. The largest absolute Gasteiger partial charge is 0.507 e. The number of thiazole rings is 1. The van der Waals surface area contributed by atoms with Crippen LogP contribution in [0.1, 0.15) is 60.5 Å². The van der Waals surface area contributed by atoms with Crippen molar-refractivity contribution in [3.05, 3.63) is 100 Å². The smallest absolute Gasteiger partial charge is 0.301 e. The van der Waals surface area contributed by atoms with Gasteiger partial charge in [0.05, 0.1) is 21.8 Å². The molecule has 6 heteroatoms. The Labute approximate surface area is 214 Å². The normalized spacial score (nSPS) is 17.5. The van der Waals surface area contributed by atoms with E-state index < -0.39 is 17.7 Å². The monoisotopic (exact) mass is 496 g/mol. The number of carbonyl (C=O) groups excluding carboxylic acids is 2. The summed E-state index contributed by atoms with van der Waals surface area (Å²) >= 11 is 1.39. The van der Waals surface area contributed by atoms with Gasteiger partial charge in [-0.2, -0.15) is 0 Å². The fourth-order valence-corrected chi connectivity index (χ4v) is 5.61. The highest BCUT2D eigenvalue weighted by Gasteiger charge is 2.48. The molecule has 36 heavy (non-hydrogen) atoms. The van der Waals surface area contributed by atoms with Crippen LogP contribution < -0.4 is 4.90 Å². The molecule has 182 valence electrons. The van der Waals surface area contributed by atoms with E-state index in [1.165, 1.54) is 21.8 Å². The van der Waals surface area contributed by atoms with Gasteiger partial charge in [0.15, 0.2) is 5.13 Å². The van der Waals surface area contributed by atoms with Crippen molar-refractivity contribution >= 4 is 44.1 Å². The van der Waals surface area contributed by atoms with Gasteiger partial charge in [-0.3, -0.25) is 14.5 Å². The summed E-state index contributed by atoms with van der Waals surface area (Å²) in [5.74, 6) is -1.23. The Morgan fingerprint density at radius 3 is 2.36 bits per heavy atom. The number of amides is 1. The number of hydrogen-bond acceptors (Lipinski definition) is 5. The van der Waals surface area contributed by atoms with E-state index in [1.54, 1.807) is 12.1 Å². The number of aliphatic hydroxyl groups excluding tert-OH is 1. The molecule has 5 rings (SSSR count). The van der Waals surface area contributed by atoms with E-state index in [1.807, 2.05) is 55.5 Å². The molecule has 1 aliphatic rings. The van der Waals surface area contributed by atoms with Gasteiger partial charge in [-0.1, -0.05) is 92.3 Å². The summed E-state index contributed by atoms with van der Waals surface area (Å²) in [6.45, 7) is 8.28. The lowest BCUT2D eigenvalue weighted by Gasteiger charge is -2.23. The maximum absolute atomic E-state index is 13.5. The molecule has 1 atom stereocenters. The highest BCUT2D eigenvalue weighted by atomic mass is 32.1. The second kappa shape index (κ2) is 9.36. The highest BCUT2D eigenvalue weighted by molar-refractivity contribution is 7.22. The van der Waals surface area contributed by atoms with Crippen molar-refractivity contribution in [3.8, 4) is 0 Å². The lowest BCUT2D eigenvalue weighted by atomic mass is 9.93. The minimum atomic E-state index is -0.779. The molecule has 0 saturated carbocycles. The van der Waals surface area contributed by atoms with Crippen LogP contribution in [0.2, 0.25) is 0 Å². The number of carbonyl (C=O) groups is 2. The number of fused-ring (bicyclic) bond motifs is 1. The number of ketones is 1. The molecule has 1 N–H and O–H groups in total. The van der Waals surface area contributed by atoms with Gasteiger partial charge in [-0.25, -0.2) is 4.98 Å². The van der Waals surface area contributed by atoms with Crippen LogP contribution in [-0.4, -0.2) is 21.8 Å². The second-order valence-electron chi connectivity index (χ2n) is 9.51. The first-order valence-corrected chi connectivity index (χ1v) is 13.0. The summed E-state index contributed by atoms with van der Waals surface area (Å²) in [4.78, 5) is 33.0. The molecular formula is C30H28N2O3S. The van der Waals surface area contributed by atoms with Crippen molar-refractivity contribution in [2.24, 2.45) is 0 Å². The van der Waals surface area contributed by atoms with Crippen molar-refractivity contribution in [1.82, 2.24) is 4.98 Å². The molecule has 5 nitrogen and oxygen atoms in total. The van der Waals surface area contributed by atoms with Crippen LogP contribution >= 0.6 is 11.3 Å². The third kappa shape index (κ3) is 4.11. The topological polar surface area (TPSA) is 70.5 Å². The van der Waals surface area contributed by atoms with Crippen LogP contribution in [0.15, 0.2) is 72.3 Å². The third-order valence-corrected chi connectivity index (χ3v) is 7.76. The molecule has 1 amide bonds. The molecule has 1 aromatic heterocycles. The zero-order chi connectivity index (χ0) is 25.6. The third-order valence-electron chi connectivity index (χ3n) is 6.74. The maximum Gasteiger partial charge on any atom is 0.301 e. The van der Waals surface area contributed by atoms with Crippen molar-refractivity contribution < 1.29 is 14.7 Å². The Kier molecular flexibility index (Phi) is 6.22. The molecule has 2 heterocycles. The molecule has 4 aromatic rings. The van der Waals surface area contributed by atoms with Crippen LogP contribution in [0.4, 0.5) is 5.13 Å². The van der Waals surface area contributed by atoms with Gasteiger partial charge in [-0.05, 0) is 48.1 Å². The molecule has 0 unspecified atom stereocenters. The zero-order valence-corrected chi connectivity index (χ0v) is 21.6. The fraction of sp³-hybridized carbons (Fsp3) is 0.233. The van der Waals surface area contributed by atoms with Gasteiger partial charge in [0.25, 0.3) is 5.78 Å². The van der Waals surface area contributed by atoms with Crippen LogP contribution in [0.5, 0.6) is 0 Å². The summed E-state index contributed by atoms with van der Waals surface area (Å²) in [7, 11) is 0. The number of nitrogens with zero attached hydrogens (tertiary/aromatic N) is 2. The van der Waals surface area contributed by atoms with E-state index in [-0.39, 0.29) is 11.3 Å². The number of rotatable bonds is 5. The zero-order valence-electron chi connectivity index (χ0n) is 20.8. The van der Waals surface area contributed by atoms with E-state index in [0.29, 0.717) is 16.6 Å². The van der Waals surface area contributed by atoms with Gasteiger partial charge in [0, 0.05) is 5.56 Å². The van der Waals surface area contributed by atoms with Gasteiger partial charge >= 0.3 is 5.91 Å². The second-order valence-corrected chi connectivity index (χ2v) is 10.5. The van der Waals surface area contributed by atoms with E-state index >= 15 is 0 Å². The molecule has 1 aliphatic heterocycles. The van der Waals surface area contributed by atoms with E-state index in [9.17, 15) is 14.7 Å². The SMILES string of the molecule is CCc1ccc2nc(N3C(=O)C(=O)C(=C(O)c4ccc(C)cc4)[C@@H]3c3ccc(C(C)C)cc3)sc2c1. The number of anilines is 1. The average molecular weight is 497 g/mol. The van der Waals surface area contributed by atoms with Crippen LogP contribution in [-0.2, 0) is 16.0 Å². The van der Waals surface area contributed by atoms with Crippen LogP contribution in [0.3, 0.4) is 0 Å². The average Bonchev–Trinajstić information content (AvgIpc) is 3.41. The molecule has 1 fully saturated rings. The molecule has 0 aliphatic carbocycles. The minimum absolute atomic E-state index is 0.0784. The Morgan fingerprint density at radius 1 is 1.03 bits per heavy atom. The highest BCUT2D eigenvalue weighted by Crippen LogP contribution is 2.44. The van der Waals surface area contributed by atoms with E-state index in [2.05, 4.69) is 26.8 Å². The Hall–Kier alpha value is -3.77. The molecule has 0 radical (unpaired) electrons. The predicted octanol–water partition coefficient (Wildman–Crippen LogP) is 6.92. The molecule has 1 saturated heterocycles. The van der Waals surface area contributed by atoms with E-state index in [4.69, 9.17) is 4.98 Å². The Bertz CT molecular complexity index is 1500. The number of hydrogen-bond donors (Lipinski definition) is 1. The summed E-state index contributed by atoms with van der Waals surface area (Å²) in [5.41, 5.74) is 5.48. The fourth-order valence-electron chi connectivity index (χ4n) is 4.56. The number of Topliss-reactive ketones (excluding diaryl/α,β-unsaturated/α-hetero) is 1.